The summed E-state index contributed by atoms with van der Waals surface area (Å²) in [5.74, 6) is 1.15. The van der Waals surface area contributed by atoms with Crippen LogP contribution in [-0.4, -0.2) is 28.0 Å². The van der Waals surface area contributed by atoms with Crippen molar-refractivity contribution in [1.82, 2.24) is 9.55 Å². The minimum absolute atomic E-state index is 0.0986. The Morgan fingerprint density at radius 1 is 1.16 bits per heavy atom. The highest BCUT2D eigenvalue weighted by molar-refractivity contribution is 7.99. The third-order valence-corrected chi connectivity index (χ3v) is 6.86. The van der Waals surface area contributed by atoms with Crippen molar-refractivity contribution in [3.63, 3.8) is 0 Å². The SMILES string of the molecule is Cc1ccc(-n2c(SCC(=O)Nc3ccc4c(c3)OCO4)nc3ccsc3c2=O)c(C)c1. The van der Waals surface area contributed by atoms with E-state index in [2.05, 4.69) is 10.3 Å². The highest BCUT2D eigenvalue weighted by Gasteiger charge is 2.18. The summed E-state index contributed by atoms with van der Waals surface area (Å²) in [6.45, 7) is 4.15. The van der Waals surface area contributed by atoms with Gasteiger partial charge in [-0.05, 0) is 49.1 Å². The standard InChI is InChI=1S/C23H19N3O4S2/c1-13-3-5-17(14(2)9-13)26-22(28)21-16(7-8-31-21)25-23(26)32-11-20(27)24-15-4-6-18-19(10-15)30-12-29-18/h3-10H,11-12H2,1-2H3,(H,24,27). The normalized spacial score (nSPS) is 12.3. The quantitative estimate of drug-likeness (QED) is 0.345. The van der Waals surface area contributed by atoms with E-state index in [-0.39, 0.29) is 24.0 Å². The number of ether oxygens (including phenoxy) is 2. The molecule has 7 nitrogen and oxygen atoms in total. The van der Waals surface area contributed by atoms with E-state index in [1.807, 2.05) is 43.5 Å². The molecule has 0 aliphatic carbocycles. The molecule has 1 amide bonds. The number of aryl methyl sites for hydroxylation is 2. The highest BCUT2D eigenvalue weighted by atomic mass is 32.2. The minimum Gasteiger partial charge on any atom is -0.454 e. The van der Waals surface area contributed by atoms with Gasteiger partial charge in [0.25, 0.3) is 5.56 Å². The third-order valence-electron chi connectivity index (χ3n) is 5.03. The average molecular weight is 466 g/mol. The molecular formula is C23H19N3O4S2. The van der Waals surface area contributed by atoms with E-state index in [0.717, 1.165) is 16.8 Å². The van der Waals surface area contributed by atoms with Crippen molar-refractivity contribution in [3.05, 3.63) is 69.3 Å². The average Bonchev–Trinajstić information content (AvgIpc) is 3.42. The zero-order valence-electron chi connectivity index (χ0n) is 17.4. The number of thiophene rings is 1. The fourth-order valence-corrected chi connectivity index (χ4v) is 5.12. The number of hydrogen-bond acceptors (Lipinski definition) is 7. The van der Waals surface area contributed by atoms with Crippen LogP contribution in [0.15, 0.2) is 57.8 Å². The number of hydrogen-bond donors (Lipinski definition) is 1. The Kier molecular flexibility index (Phi) is 5.36. The molecule has 162 valence electrons. The molecule has 1 N–H and O–H groups in total. The van der Waals surface area contributed by atoms with Crippen molar-refractivity contribution in [2.24, 2.45) is 0 Å². The van der Waals surface area contributed by atoms with Gasteiger partial charge in [-0.1, -0.05) is 29.5 Å². The van der Waals surface area contributed by atoms with Gasteiger partial charge in [0.15, 0.2) is 16.7 Å². The second kappa shape index (κ2) is 8.33. The van der Waals surface area contributed by atoms with Crippen LogP contribution in [0, 0.1) is 13.8 Å². The molecular weight excluding hydrogens is 446 g/mol. The van der Waals surface area contributed by atoms with E-state index < -0.39 is 0 Å². The molecule has 0 fully saturated rings. The van der Waals surface area contributed by atoms with E-state index in [1.165, 1.54) is 23.1 Å². The third kappa shape index (κ3) is 3.85. The fraction of sp³-hybridized carbons (Fsp3) is 0.174. The molecule has 0 saturated carbocycles. The summed E-state index contributed by atoms with van der Waals surface area (Å²) in [6, 6.07) is 13.0. The number of aromatic nitrogens is 2. The second-order valence-corrected chi connectivity index (χ2v) is 9.22. The lowest BCUT2D eigenvalue weighted by Gasteiger charge is -2.14. The zero-order chi connectivity index (χ0) is 22.2. The van der Waals surface area contributed by atoms with E-state index in [9.17, 15) is 9.59 Å². The predicted octanol–water partition coefficient (Wildman–Crippen LogP) is 4.52. The number of carbonyl (C=O) groups excluding carboxylic acids is 1. The van der Waals surface area contributed by atoms with Gasteiger partial charge in [-0.2, -0.15) is 0 Å². The van der Waals surface area contributed by atoms with Crippen LogP contribution < -0.4 is 20.3 Å². The summed E-state index contributed by atoms with van der Waals surface area (Å²) < 4.78 is 12.9. The van der Waals surface area contributed by atoms with Gasteiger partial charge in [-0.15, -0.1) is 11.3 Å². The smallest absolute Gasteiger partial charge is 0.276 e. The van der Waals surface area contributed by atoms with Gasteiger partial charge >= 0.3 is 0 Å². The van der Waals surface area contributed by atoms with Crippen molar-refractivity contribution < 1.29 is 14.3 Å². The van der Waals surface area contributed by atoms with Crippen molar-refractivity contribution >= 4 is 44.9 Å². The maximum absolute atomic E-state index is 13.3. The van der Waals surface area contributed by atoms with Gasteiger partial charge in [-0.25, -0.2) is 4.98 Å². The molecule has 9 heteroatoms. The summed E-state index contributed by atoms with van der Waals surface area (Å²) in [7, 11) is 0. The van der Waals surface area contributed by atoms with Crippen molar-refractivity contribution in [3.8, 4) is 17.2 Å². The summed E-state index contributed by atoms with van der Waals surface area (Å²) >= 11 is 2.60. The molecule has 0 unspecified atom stereocenters. The molecule has 0 atom stereocenters. The van der Waals surface area contributed by atoms with Crippen molar-refractivity contribution in [1.29, 1.82) is 0 Å². The Bertz CT molecular complexity index is 1410. The van der Waals surface area contributed by atoms with E-state index in [4.69, 9.17) is 9.47 Å². The summed E-state index contributed by atoms with van der Waals surface area (Å²) in [4.78, 5) is 30.6. The number of benzene rings is 2. The molecule has 1 aliphatic rings. The van der Waals surface area contributed by atoms with E-state index >= 15 is 0 Å². The number of nitrogens with one attached hydrogen (secondary N) is 1. The zero-order valence-corrected chi connectivity index (χ0v) is 19.0. The van der Waals surface area contributed by atoms with Gasteiger partial charge in [0.1, 0.15) is 4.70 Å². The van der Waals surface area contributed by atoms with Crippen LogP contribution >= 0.6 is 23.1 Å². The maximum atomic E-state index is 13.3. The number of fused-ring (bicyclic) bond motifs is 2. The first-order valence-corrected chi connectivity index (χ1v) is 11.8. The molecule has 2 aromatic heterocycles. The van der Waals surface area contributed by atoms with Crippen molar-refractivity contribution in [2.75, 3.05) is 17.9 Å². The van der Waals surface area contributed by atoms with Gasteiger partial charge in [0.2, 0.25) is 12.7 Å². The largest absolute Gasteiger partial charge is 0.454 e. The second-order valence-electron chi connectivity index (χ2n) is 7.36. The first kappa shape index (κ1) is 20.6. The predicted molar refractivity (Wildman–Crippen MR) is 127 cm³/mol. The Morgan fingerprint density at radius 3 is 2.84 bits per heavy atom. The first-order valence-electron chi connectivity index (χ1n) is 9.90. The molecule has 4 aromatic rings. The molecule has 0 bridgehead atoms. The topological polar surface area (TPSA) is 82.5 Å². The van der Waals surface area contributed by atoms with Crippen LogP contribution in [0.1, 0.15) is 11.1 Å². The van der Waals surface area contributed by atoms with Gasteiger partial charge < -0.3 is 14.8 Å². The highest BCUT2D eigenvalue weighted by Crippen LogP contribution is 2.34. The lowest BCUT2D eigenvalue weighted by Crippen LogP contribution is -2.23. The molecule has 1 aliphatic heterocycles. The van der Waals surface area contributed by atoms with Gasteiger partial charge in [0, 0.05) is 11.8 Å². The molecule has 0 saturated heterocycles. The number of amides is 1. The molecule has 0 spiro atoms. The van der Waals surface area contributed by atoms with E-state index in [1.54, 1.807) is 22.8 Å². The molecule has 5 rings (SSSR count). The Hall–Kier alpha value is -3.30. The number of thioether (sulfide) groups is 1. The van der Waals surface area contributed by atoms with E-state index in [0.29, 0.717) is 32.6 Å². The Labute approximate surface area is 192 Å². The number of anilines is 1. The number of carbonyl (C=O) groups is 1. The number of rotatable bonds is 5. The summed E-state index contributed by atoms with van der Waals surface area (Å²) in [5.41, 5.74) is 3.98. The Balaban J connectivity index is 1.43. The Morgan fingerprint density at radius 2 is 2.00 bits per heavy atom. The molecule has 32 heavy (non-hydrogen) atoms. The molecule has 3 heterocycles. The fourth-order valence-electron chi connectivity index (χ4n) is 3.56. The van der Waals surface area contributed by atoms with Crippen LogP contribution in [0.5, 0.6) is 11.5 Å². The van der Waals surface area contributed by atoms with Crippen LogP contribution in [0.4, 0.5) is 5.69 Å². The van der Waals surface area contributed by atoms with Crippen LogP contribution in [0.2, 0.25) is 0 Å². The van der Waals surface area contributed by atoms with Crippen LogP contribution in [0.25, 0.3) is 15.9 Å². The lowest BCUT2D eigenvalue weighted by atomic mass is 10.1. The molecule has 2 aromatic carbocycles. The van der Waals surface area contributed by atoms with Gasteiger partial charge in [0.05, 0.1) is 17.0 Å². The van der Waals surface area contributed by atoms with Crippen molar-refractivity contribution in [2.45, 2.75) is 19.0 Å². The van der Waals surface area contributed by atoms with Gasteiger partial charge in [-0.3, -0.25) is 14.2 Å². The number of nitrogens with zero attached hydrogens (tertiary/aromatic N) is 2. The van der Waals surface area contributed by atoms with Crippen LogP contribution in [0.3, 0.4) is 0 Å². The first-order chi connectivity index (χ1) is 15.5. The monoisotopic (exact) mass is 465 g/mol. The summed E-state index contributed by atoms with van der Waals surface area (Å²) in [5, 5.41) is 5.19. The maximum Gasteiger partial charge on any atom is 0.276 e. The van der Waals surface area contributed by atoms with Crippen LogP contribution in [-0.2, 0) is 4.79 Å². The summed E-state index contributed by atoms with van der Waals surface area (Å²) in [6.07, 6.45) is 0. The molecule has 0 radical (unpaired) electrons. The lowest BCUT2D eigenvalue weighted by molar-refractivity contribution is -0.113. The minimum atomic E-state index is -0.208.